The molecule has 0 saturated heterocycles. The number of aryl methyl sites for hydroxylation is 1. The van der Waals surface area contributed by atoms with E-state index in [-0.39, 0.29) is 0 Å². The quantitative estimate of drug-likeness (QED) is 0.844. The Labute approximate surface area is 104 Å². The van der Waals surface area contributed by atoms with Crippen LogP contribution in [0.15, 0.2) is 24.3 Å². The number of ether oxygens (including phenoxy) is 1. The van der Waals surface area contributed by atoms with Crippen LogP contribution in [0.1, 0.15) is 36.8 Å². The zero-order valence-corrected chi connectivity index (χ0v) is 10.9. The van der Waals surface area contributed by atoms with Crippen LogP contribution >= 0.6 is 0 Å². The van der Waals surface area contributed by atoms with Crippen molar-refractivity contribution in [3.63, 3.8) is 0 Å². The van der Waals surface area contributed by atoms with Crippen molar-refractivity contribution >= 4 is 0 Å². The summed E-state index contributed by atoms with van der Waals surface area (Å²) in [6.45, 7) is 4.04. The Balaban J connectivity index is 1.94. The Hall–Kier alpha value is -0.860. The number of fused-ring (bicyclic) bond motifs is 1. The maximum Gasteiger partial charge on any atom is 0.0613 e. The molecule has 2 atom stereocenters. The minimum absolute atomic E-state index is 0.439. The van der Waals surface area contributed by atoms with E-state index in [1.54, 1.807) is 18.2 Å². The molecular weight excluding hydrogens is 210 g/mol. The monoisotopic (exact) mass is 233 g/mol. The molecular formula is C15H23NO. The molecule has 2 heteroatoms. The van der Waals surface area contributed by atoms with E-state index in [0.29, 0.717) is 12.0 Å². The topological polar surface area (TPSA) is 21.3 Å². The molecule has 0 spiro atoms. The van der Waals surface area contributed by atoms with Crippen LogP contribution < -0.4 is 5.32 Å². The van der Waals surface area contributed by atoms with Crippen molar-refractivity contribution in [2.45, 2.75) is 38.1 Å². The summed E-state index contributed by atoms with van der Waals surface area (Å²) in [5.74, 6) is 0.680. The van der Waals surface area contributed by atoms with Crippen LogP contribution in [0.25, 0.3) is 0 Å². The van der Waals surface area contributed by atoms with Crippen molar-refractivity contribution in [2.24, 2.45) is 0 Å². The third-order valence-corrected chi connectivity index (χ3v) is 3.62. The smallest absolute Gasteiger partial charge is 0.0613 e. The molecule has 0 aliphatic heterocycles. The van der Waals surface area contributed by atoms with E-state index in [1.807, 2.05) is 0 Å². The number of benzene rings is 1. The Kier molecular flexibility index (Phi) is 4.57. The fourth-order valence-electron chi connectivity index (χ4n) is 2.72. The van der Waals surface area contributed by atoms with Gasteiger partial charge >= 0.3 is 0 Å². The van der Waals surface area contributed by atoms with Crippen molar-refractivity contribution in [3.8, 4) is 0 Å². The van der Waals surface area contributed by atoms with Crippen molar-refractivity contribution in [1.29, 1.82) is 0 Å². The van der Waals surface area contributed by atoms with E-state index in [0.717, 1.165) is 13.2 Å². The molecule has 0 amide bonds. The van der Waals surface area contributed by atoms with Gasteiger partial charge in [0.25, 0.3) is 0 Å². The minimum atomic E-state index is 0.439. The van der Waals surface area contributed by atoms with Gasteiger partial charge in [0.2, 0.25) is 0 Å². The lowest BCUT2D eigenvalue weighted by Crippen LogP contribution is -2.34. The van der Waals surface area contributed by atoms with Crippen LogP contribution in [0, 0.1) is 0 Å². The number of nitrogens with one attached hydrogen (secondary N) is 1. The number of methoxy groups -OCH3 is 1. The molecule has 0 aromatic heterocycles. The average Bonchev–Trinajstić information content (AvgIpc) is 2.36. The molecule has 0 saturated carbocycles. The van der Waals surface area contributed by atoms with Gasteiger partial charge in [-0.05, 0) is 43.2 Å². The maximum atomic E-state index is 5.15. The molecule has 1 aromatic rings. The molecule has 17 heavy (non-hydrogen) atoms. The highest BCUT2D eigenvalue weighted by Crippen LogP contribution is 2.30. The molecule has 1 aliphatic carbocycles. The van der Waals surface area contributed by atoms with Gasteiger partial charge in [0.05, 0.1) is 6.61 Å². The Morgan fingerprint density at radius 3 is 3.06 bits per heavy atom. The molecule has 0 bridgehead atoms. The molecule has 0 fully saturated rings. The molecule has 1 aliphatic rings. The van der Waals surface area contributed by atoms with E-state index >= 15 is 0 Å². The highest BCUT2D eigenvalue weighted by atomic mass is 16.5. The van der Waals surface area contributed by atoms with Crippen LogP contribution in [0.5, 0.6) is 0 Å². The van der Waals surface area contributed by atoms with E-state index in [2.05, 4.69) is 36.5 Å². The SMILES string of the molecule is COCC(C)NCC1CCCc2ccccc21. The van der Waals surface area contributed by atoms with Crippen molar-refractivity contribution in [3.05, 3.63) is 35.4 Å². The summed E-state index contributed by atoms with van der Waals surface area (Å²) < 4.78 is 5.15. The minimum Gasteiger partial charge on any atom is -0.383 e. The highest BCUT2D eigenvalue weighted by molar-refractivity contribution is 5.32. The Morgan fingerprint density at radius 1 is 1.41 bits per heavy atom. The van der Waals surface area contributed by atoms with E-state index < -0.39 is 0 Å². The molecule has 2 unspecified atom stereocenters. The Morgan fingerprint density at radius 2 is 2.24 bits per heavy atom. The van der Waals surface area contributed by atoms with Gasteiger partial charge in [0.1, 0.15) is 0 Å². The first-order valence-corrected chi connectivity index (χ1v) is 6.61. The predicted molar refractivity (Wildman–Crippen MR) is 71.5 cm³/mol. The van der Waals surface area contributed by atoms with Gasteiger partial charge in [-0.2, -0.15) is 0 Å². The molecule has 2 rings (SSSR count). The van der Waals surface area contributed by atoms with Crippen LogP contribution in [0.3, 0.4) is 0 Å². The van der Waals surface area contributed by atoms with Crippen LogP contribution in [0.4, 0.5) is 0 Å². The summed E-state index contributed by atoms with van der Waals surface area (Å²) in [6, 6.07) is 9.33. The summed E-state index contributed by atoms with van der Waals surface area (Å²) in [6.07, 6.45) is 3.88. The van der Waals surface area contributed by atoms with Crippen molar-refractivity contribution < 1.29 is 4.74 Å². The molecule has 1 aromatic carbocycles. The Bertz CT molecular complexity index is 351. The first-order chi connectivity index (χ1) is 8.31. The van der Waals surface area contributed by atoms with Gasteiger partial charge in [0.15, 0.2) is 0 Å². The fourth-order valence-corrected chi connectivity index (χ4v) is 2.72. The third-order valence-electron chi connectivity index (χ3n) is 3.62. The zero-order chi connectivity index (χ0) is 12.1. The first kappa shape index (κ1) is 12.6. The number of hydrogen-bond acceptors (Lipinski definition) is 2. The summed E-state index contributed by atoms with van der Waals surface area (Å²) in [5, 5.41) is 3.57. The number of hydrogen-bond donors (Lipinski definition) is 1. The van der Waals surface area contributed by atoms with Gasteiger partial charge in [-0.1, -0.05) is 24.3 Å². The molecule has 1 N–H and O–H groups in total. The second kappa shape index (κ2) is 6.18. The maximum absolute atomic E-state index is 5.15. The second-order valence-corrected chi connectivity index (χ2v) is 5.05. The average molecular weight is 233 g/mol. The zero-order valence-electron chi connectivity index (χ0n) is 10.9. The number of rotatable bonds is 5. The highest BCUT2D eigenvalue weighted by Gasteiger charge is 2.19. The van der Waals surface area contributed by atoms with E-state index in [9.17, 15) is 0 Å². The summed E-state index contributed by atoms with van der Waals surface area (Å²) in [5.41, 5.74) is 3.10. The van der Waals surface area contributed by atoms with Crippen molar-refractivity contribution in [2.75, 3.05) is 20.3 Å². The summed E-state index contributed by atoms with van der Waals surface area (Å²) >= 11 is 0. The summed E-state index contributed by atoms with van der Waals surface area (Å²) in [7, 11) is 1.76. The van der Waals surface area contributed by atoms with Gasteiger partial charge in [-0.3, -0.25) is 0 Å². The second-order valence-electron chi connectivity index (χ2n) is 5.05. The van der Waals surface area contributed by atoms with Gasteiger partial charge in [-0.15, -0.1) is 0 Å². The van der Waals surface area contributed by atoms with Crippen LogP contribution in [-0.2, 0) is 11.2 Å². The lowest BCUT2D eigenvalue weighted by atomic mass is 9.83. The van der Waals surface area contributed by atoms with Gasteiger partial charge < -0.3 is 10.1 Å². The summed E-state index contributed by atoms with van der Waals surface area (Å²) in [4.78, 5) is 0. The molecule has 94 valence electrons. The van der Waals surface area contributed by atoms with Crippen molar-refractivity contribution in [1.82, 2.24) is 5.32 Å². The standard InChI is InChI=1S/C15H23NO/c1-12(11-17-2)16-10-14-8-5-7-13-6-3-4-9-15(13)14/h3-4,6,9,12,14,16H,5,7-8,10-11H2,1-2H3. The molecule has 0 heterocycles. The fraction of sp³-hybridized carbons (Fsp3) is 0.600. The van der Waals surface area contributed by atoms with E-state index in [1.165, 1.54) is 19.3 Å². The molecule has 0 radical (unpaired) electrons. The van der Waals surface area contributed by atoms with Crippen LogP contribution in [-0.4, -0.2) is 26.3 Å². The van der Waals surface area contributed by atoms with Crippen LogP contribution in [0.2, 0.25) is 0 Å². The largest absolute Gasteiger partial charge is 0.383 e. The van der Waals surface area contributed by atoms with E-state index in [4.69, 9.17) is 4.74 Å². The molecule has 2 nitrogen and oxygen atoms in total. The normalized spacial score (nSPS) is 20.9. The first-order valence-electron chi connectivity index (χ1n) is 6.61. The lowest BCUT2D eigenvalue weighted by molar-refractivity contribution is 0.171. The lowest BCUT2D eigenvalue weighted by Gasteiger charge is -2.27. The van der Waals surface area contributed by atoms with Gasteiger partial charge in [-0.25, -0.2) is 0 Å². The van der Waals surface area contributed by atoms with Gasteiger partial charge in [0, 0.05) is 19.7 Å². The third kappa shape index (κ3) is 3.30. The predicted octanol–water partition coefficient (Wildman–Crippen LogP) is 2.73.